The summed E-state index contributed by atoms with van der Waals surface area (Å²) in [5, 5.41) is 11.4. The van der Waals surface area contributed by atoms with Gasteiger partial charge in [0, 0.05) is 18.0 Å². The SMILES string of the molecule is CCCCCCCC(O)(c1cncnc1)c1ccc2c(c1)OC(F)(F)O2. The largest absolute Gasteiger partial charge is 0.586 e. The van der Waals surface area contributed by atoms with E-state index in [1.54, 1.807) is 6.07 Å². The van der Waals surface area contributed by atoms with Crippen molar-refractivity contribution in [2.75, 3.05) is 0 Å². The Balaban J connectivity index is 1.87. The van der Waals surface area contributed by atoms with Gasteiger partial charge in [0.1, 0.15) is 11.9 Å². The fourth-order valence-corrected chi connectivity index (χ4v) is 3.16. The standard InChI is InChI=1S/C19H22F2N2O3/c1-2-3-4-5-6-9-18(24,15-11-22-13-23-12-15)14-7-8-16-17(10-14)26-19(20,21)25-16/h7-8,10-13,24H,2-6,9H2,1H3. The van der Waals surface area contributed by atoms with Crippen molar-refractivity contribution in [3.05, 3.63) is 48.0 Å². The molecule has 0 spiro atoms. The molecule has 5 nitrogen and oxygen atoms in total. The molecule has 1 aliphatic heterocycles. The molecule has 1 unspecified atom stereocenters. The fourth-order valence-electron chi connectivity index (χ4n) is 3.16. The Hall–Kier alpha value is -2.28. The van der Waals surface area contributed by atoms with Gasteiger partial charge in [-0.05, 0) is 30.5 Å². The third kappa shape index (κ3) is 3.93. The molecule has 1 aromatic heterocycles. The fraction of sp³-hybridized carbons (Fsp3) is 0.474. The van der Waals surface area contributed by atoms with Gasteiger partial charge in [-0.25, -0.2) is 9.97 Å². The van der Waals surface area contributed by atoms with Crippen molar-refractivity contribution in [2.24, 2.45) is 0 Å². The Labute approximate surface area is 151 Å². The second-order valence-electron chi connectivity index (χ2n) is 6.48. The number of ether oxygens (including phenoxy) is 2. The Kier molecular flexibility index (Phi) is 5.36. The molecular weight excluding hydrogens is 342 g/mol. The van der Waals surface area contributed by atoms with Gasteiger partial charge in [0.2, 0.25) is 0 Å². The molecular formula is C19H22F2N2O3. The highest BCUT2D eigenvalue weighted by atomic mass is 19.3. The number of rotatable bonds is 8. The van der Waals surface area contributed by atoms with Crippen LogP contribution in [0.5, 0.6) is 11.5 Å². The Morgan fingerprint density at radius 3 is 2.42 bits per heavy atom. The molecule has 0 saturated carbocycles. The van der Waals surface area contributed by atoms with Crippen LogP contribution in [0.2, 0.25) is 0 Å². The van der Waals surface area contributed by atoms with E-state index in [0.717, 1.165) is 32.1 Å². The Morgan fingerprint density at radius 1 is 1.00 bits per heavy atom. The highest BCUT2D eigenvalue weighted by Gasteiger charge is 2.44. The second-order valence-corrected chi connectivity index (χ2v) is 6.48. The van der Waals surface area contributed by atoms with E-state index in [9.17, 15) is 13.9 Å². The Morgan fingerprint density at radius 2 is 1.69 bits per heavy atom. The van der Waals surface area contributed by atoms with Gasteiger partial charge < -0.3 is 14.6 Å². The number of fused-ring (bicyclic) bond motifs is 1. The first-order chi connectivity index (χ1) is 12.4. The third-order valence-electron chi connectivity index (χ3n) is 4.56. The first-order valence-electron chi connectivity index (χ1n) is 8.83. The van der Waals surface area contributed by atoms with Crippen molar-refractivity contribution >= 4 is 0 Å². The average molecular weight is 364 g/mol. The van der Waals surface area contributed by atoms with E-state index >= 15 is 0 Å². The molecule has 1 N–H and O–H groups in total. The quantitative estimate of drug-likeness (QED) is 0.704. The van der Waals surface area contributed by atoms with Gasteiger partial charge >= 0.3 is 6.29 Å². The molecule has 0 amide bonds. The van der Waals surface area contributed by atoms with E-state index in [1.165, 1.54) is 30.9 Å². The van der Waals surface area contributed by atoms with Crippen molar-refractivity contribution in [1.82, 2.24) is 9.97 Å². The van der Waals surface area contributed by atoms with E-state index in [0.29, 0.717) is 17.5 Å². The topological polar surface area (TPSA) is 64.5 Å². The maximum Gasteiger partial charge on any atom is 0.586 e. The van der Waals surface area contributed by atoms with Gasteiger partial charge in [-0.2, -0.15) is 0 Å². The number of unbranched alkanes of at least 4 members (excludes halogenated alkanes) is 4. The van der Waals surface area contributed by atoms with E-state index in [4.69, 9.17) is 0 Å². The number of hydrogen-bond acceptors (Lipinski definition) is 5. The summed E-state index contributed by atoms with van der Waals surface area (Å²) in [7, 11) is 0. The van der Waals surface area contributed by atoms with Crippen LogP contribution in [0.25, 0.3) is 0 Å². The summed E-state index contributed by atoms with van der Waals surface area (Å²) in [6.07, 6.45) is 6.34. The minimum absolute atomic E-state index is 0.0478. The van der Waals surface area contributed by atoms with Crippen LogP contribution in [0.15, 0.2) is 36.9 Å². The first kappa shape index (κ1) is 18.5. The first-order valence-corrected chi connectivity index (χ1v) is 8.83. The van der Waals surface area contributed by atoms with Gasteiger partial charge in [-0.3, -0.25) is 0 Å². The lowest BCUT2D eigenvalue weighted by molar-refractivity contribution is -0.286. The zero-order valence-electron chi connectivity index (χ0n) is 14.6. The molecule has 0 radical (unpaired) electrons. The van der Waals surface area contributed by atoms with Crippen LogP contribution in [0, 0.1) is 0 Å². The van der Waals surface area contributed by atoms with E-state index in [2.05, 4.69) is 26.4 Å². The van der Waals surface area contributed by atoms with Crippen LogP contribution in [0.3, 0.4) is 0 Å². The smallest absolute Gasteiger partial charge is 0.395 e. The molecule has 0 fully saturated rings. The number of alkyl halides is 2. The van der Waals surface area contributed by atoms with Gasteiger partial charge in [0.25, 0.3) is 0 Å². The minimum Gasteiger partial charge on any atom is -0.395 e. The van der Waals surface area contributed by atoms with Gasteiger partial charge in [-0.1, -0.05) is 38.7 Å². The zero-order chi connectivity index (χ0) is 18.6. The average Bonchev–Trinajstić information content (AvgIpc) is 2.95. The maximum absolute atomic E-state index is 13.3. The summed E-state index contributed by atoms with van der Waals surface area (Å²) in [5.41, 5.74) is -0.423. The predicted molar refractivity (Wildman–Crippen MR) is 91.1 cm³/mol. The molecule has 140 valence electrons. The molecule has 2 aromatic rings. The van der Waals surface area contributed by atoms with Crippen LogP contribution in [0.4, 0.5) is 8.78 Å². The molecule has 1 aromatic carbocycles. The molecule has 0 aliphatic carbocycles. The highest BCUT2D eigenvalue weighted by Crippen LogP contribution is 2.44. The number of aliphatic hydroxyl groups is 1. The lowest BCUT2D eigenvalue weighted by atomic mass is 9.83. The van der Waals surface area contributed by atoms with Crippen LogP contribution in [0.1, 0.15) is 56.6 Å². The van der Waals surface area contributed by atoms with E-state index in [-0.39, 0.29) is 11.5 Å². The lowest BCUT2D eigenvalue weighted by Crippen LogP contribution is -2.28. The summed E-state index contributed by atoms with van der Waals surface area (Å²) in [5.74, 6) is -0.137. The normalized spacial score (nSPS) is 17.1. The molecule has 0 saturated heterocycles. The number of nitrogens with zero attached hydrogens (tertiary/aromatic N) is 2. The molecule has 1 aliphatic rings. The summed E-state index contributed by atoms with van der Waals surface area (Å²) >= 11 is 0. The number of aromatic nitrogens is 2. The van der Waals surface area contributed by atoms with Crippen molar-refractivity contribution in [3.63, 3.8) is 0 Å². The van der Waals surface area contributed by atoms with E-state index in [1.807, 2.05) is 0 Å². The van der Waals surface area contributed by atoms with Crippen LogP contribution < -0.4 is 9.47 Å². The predicted octanol–water partition coefficient (Wildman–Crippen LogP) is 4.39. The highest BCUT2D eigenvalue weighted by molar-refractivity contribution is 5.48. The molecule has 3 rings (SSSR count). The minimum atomic E-state index is -3.69. The van der Waals surface area contributed by atoms with Crippen molar-refractivity contribution in [3.8, 4) is 11.5 Å². The molecule has 7 heteroatoms. The van der Waals surface area contributed by atoms with Crippen molar-refractivity contribution in [1.29, 1.82) is 0 Å². The van der Waals surface area contributed by atoms with Gasteiger partial charge in [-0.15, -0.1) is 8.78 Å². The second kappa shape index (κ2) is 7.53. The molecule has 2 heterocycles. The van der Waals surface area contributed by atoms with Gasteiger partial charge in [0.05, 0.1) is 0 Å². The van der Waals surface area contributed by atoms with Crippen molar-refractivity contribution < 1.29 is 23.4 Å². The van der Waals surface area contributed by atoms with Gasteiger partial charge in [0.15, 0.2) is 11.5 Å². The third-order valence-corrected chi connectivity index (χ3v) is 4.56. The summed E-state index contributed by atoms with van der Waals surface area (Å²) in [6, 6.07) is 4.36. The molecule has 26 heavy (non-hydrogen) atoms. The van der Waals surface area contributed by atoms with Crippen LogP contribution >= 0.6 is 0 Å². The monoisotopic (exact) mass is 364 g/mol. The zero-order valence-corrected chi connectivity index (χ0v) is 14.6. The molecule has 1 atom stereocenters. The summed E-state index contributed by atoms with van der Waals surface area (Å²) in [6.45, 7) is 2.14. The lowest BCUT2D eigenvalue weighted by Gasteiger charge is -2.29. The Bertz CT molecular complexity index is 743. The van der Waals surface area contributed by atoms with Crippen LogP contribution in [-0.2, 0) is 5.60 Å². The van der Waals surface area contributed by atoms with E-state index < -0.39 is 11.9 Å². The van der Waals surface area contributed by atoms with Crippen LogP contribution in [-0.4, -0.2) is 21.4 Å². The molecule has 0 bridgehead atoms. The number of halogens is 2. The summed E-state index contributed by atoms with van der Waals surface area (Å²) in [4.78, 5) is 7.96. The maximum atomic E-state index is 13.3. The summed E-state index contributed by atoms with van der Waals surface area (Å²) < 4.78 is 35.5. The number of benzene rings is 1. The number of hydrogen-bond donors (Lipinski definition) is 1. The van der Waals surface area contributed by atoms with Crippen molar-refractivity contribution in [2.45, 2.75) is 57.3 Å².